The SMILES string of the molecule is CCOC(=O)CN(CC(C)C)S(=O)(=O)c1cccc(F)c1[N+](=O)[O-]. The van der Waals surface area contributed by atoms with Crippen LogP contribution in [0, 0.1) is 21.8 Å². The standard InChI is InChI=1S/C14H19FN2O6S/c1-4-23-13(18)9-16(8-10(2)3)24(21,22)12-7-5-6-11(15)14(12)17(19)20/h5-7,10H,4,8-9H2,1-3H3. The second-order valence-corrected chi connectivity index (χ2v) is 7.25. The minimum absolute atomic E-state index is 0.0640. The Morgan fingerprint density at radius 3 is 2.54 bits per heavy atom. The normalized spacial score (nSPS) is 11.8. The van der Waals surface area contributed by atoms with Crippen LogP contribution in [0.2, 0.25) is 0 Å². The number of carbonyl (C=O) groups excluding carboxylic acids is 1. The van der Waals surface area contributed by atoms with Crippen molar-refractivity contribution in [2.24, 2.45) is 5.92 Å². The number of benzene rings is 1. The molecule has 1 aromatic carbocycles. The molecule has 0 aromatic heterocycles. The number of halogens is 1. The van der Waals surface area contributed by atoms with E-state index in [1.54, 1.807) is 20.8 Å². The molecule has 0 aliphatic carbocycles. The smallest absolute Gasteiger partial charge is 0.324 e. The number of ether oxygens (including phenoxy) is 1. The average Bonchev–Trinajstić information content (AvgIpc) is 2.45. The lowest BCUT2D eigenvalue weighted by molar-refractivity contribution is -0.390. The molecule has 0 N–H and O–H groups in total. The first-order chi connectivity index (χ1) is 11.1. The van der Waals surface area contributed by atoms with E-state index in [0.717, 1.165) is 22.5 Å². The van der Waals surface area contributed by atoms with Gasteiger partial charge in [0.1, 0.15) is 6.54 Å². The van der Waals surface area contributed by atoms with Crippen molar-refractivity contribution in [3.05, 3.63) is 34.1 Å². The Kier molecular flexibility index (Phi) is 6.79. The number of nitro benzene ring substituents is 1. The summed E-state index contributed by atoms with van der Waals surface area (Å²) in [5, 5.41) is 11.0. The molecule has 0 unspecified atom stereocenters. The summed E-state index contributed by atoms with van der Waals surface area (Å²) in [5.41, 5.74) is -1.14. The summed E-state index contributed by atoms with van der Waals surface area (Å²) in [4.78, 5) is 20.8. The number of nitrogens with zero attached hydrogens (tertiary/aromatic N) is 2. The van der Waals surface area contributed by atoms with Gasteiger partial charge in [-0.1, -0.05) is 19.9 Å². The zero-order chi connectivity index (χ0) is 18.5. The second-order valence-electron chi connectivity index (χ2n) is 5.34. The van der Waals surface area contributed by atoms with Crippen LogP contribution in [0.25, 0.3) is 0 Å². The van der Waals surface area contributed by atoms with Gasteiger partial charge in [-0.05, 0) is 25.0 Å². The highest BCUT2D eigenvalue weighted by molar-refractivity contribution is 7.89. The molecule has 0 spiro atoms. The molecule has 0 saturated carbocycles. The van der Waals surface area contributed by atoms with Crippen molar-refractivity contribution in [2.75, 3.05) is 19.7 Å². The highest BCUT2D eigenvalue weighted by atomic mass is 32.2. The molecule has 0 aliphatic rings. The van der Waals surface area contributed by atoms with E-state index < -0.39 is 43.9 Å². The summed E-state index contributed by atoms with van der Waals surface area (Å²) in [5.74, 6) is -2.22. The molecule has 1 rings (SSSR count). The second kappa shape index (κ2) is 8.15. The van der Waals surface area contributed by atoms with Gasteiger partial charge in [-0.25, -0.2) is 8.42 Å². The molecule has 10 heteroatoms. The van der Waals surface area contributed by atoms with E-state index in [2.05, 4.69) is 0 Å². The Balaban J connectivity index is 3.38. The lowest BCUT2D eigenvalue weighted by Gasteiger charge is -2.23. The fraction of sp³-hybridized carbons (Fsp3) is 0.500. The van der Waals surface area contributed by atoms with Gasteiger partial charge in [0.25, 0.3) is 10.0 Å². The van der Waals surface area contributed by atoms with Crippen LogP contribution in [0.15, 0.2) is 23.1 Å². The van der Waals surface area contributed by atoms with Crippen molar-refractivity contribution in [2.45, 2.75) is 25.7 Å². The highest BCUT2D eigenvalue weighted by Gasteiger charge is 2.35. The molecule has 134 valence electrons. The van der Waals surface area contributed by atoms with Crippen molar-refractivity contribution in [1.29, 1.82) is 0 Å². The van der Waals surface area contributed by atoms with Gasteiger partial charge in [-0.2, -0.15) is 8.70 Å². The van der Waals surface area contributed by atoms with Gasteiger partial charge in [-0.15, -0.1) is 0 Å². The van der Waals surface area contributed by atoms with E-state index in [9.17, 15) is 27.7 Å². The molecular formula is C14H19FN2O6S. The van der Waals surface area contributed by atoms with Crippen LogP contribution in [0.3, 0.4) is 0 Å². The lowest BCUT2D eigenvalue weighted by atomic mass is 10.2. The number of hydrogen-bond acceptors (Lipinski definition) is 6. The average molecular weight is 362 g/mol. The fourth-order valence-corrected chi connectivity index (χ4v) is 3.74. The number of sulfonamides is 1. The third kappa shape index (κ3) is 4.71. The van der Waals surface area contributed by atoms with E-state index >= 15 is 0 Å². The zero-order valence-electron chi connectivity index (χ0n) is 13.6. The molecule has 0 saturated heterocycles. The van der Waals surface area contributed by atoms with Crippen LogP contribution in [0.1, 0.15) is 20.8 Å². The van der Waals surface area contributed by atoms with Gasteiger partial charge < -0.3 is 4.74 Å². The molecule has 1 aromatic rings. The third-order valence-corrected chi connectivity index (χ3v) is 4.77. The van der Waals surface area contributed by atoms with Crippen molar-refractivity contribution in [3.8, 4) is 0 Å². The predicted molar refractivity (Wildman–Crippen MR) is 83.3 cm³/mol. The number of esters is 1. The lowest BCUT2D eigenvalue weighted by Crippen LogP contribution is -2.39. The summed E-state index contributed by atoms with van der Waals surface area (Å²) in [6, 6.07) is 2.80. The summed E-state index contributed by atoms with van der Waals surface area (Å²) in [6.45, 7) is 4.38. The van der Waals surface area contributed by atoms with E-state index in [-0.39, 0.29) is 19.1 Å². The molecular weight excluding hydrogens is 343 g/mol. The van der Waals surface area contributed by atoms with Gasteiger partial charge in [0.2, 0.25) is 5.82 Å². The third-order valence-electron chi connectivity index (χ3n) is 2.93. The van der Waals surface area contributed by atoms with Crippen LogP contribution in [-0.2, 0) is 19.6 Å². The number of para-hydroxylation sites is 1. The highest BCUT2D eigenvalue weighted by Crippen LogP contribution is 2.29. The molecule has 8 nitrogen and oxygen atoms in total. The van der Waals surface area contributed by atoms with Gasteiger partial charge in [0.05, 0.1) is 11.5 Å². The summed E-state index contributed by atoms with van der Waals surface area (Å²) in [7, 11) is -4.46. The summed E-state index contributed by atoms with van der Waals surface area (Å²) < 4.78 is 44.7. The van der Waals surface area contributed by atoms with Gasteiger partial charge >= 0.3 is 11.7 Å². The number of hydrogen-bond donors (Lipinski definition) is 0. The Bertz CT molecular complexity index is 720. The number of rotatable bonds is 8. The molecule has 0 amide bonds. The van der Waals surface area contributed by atoms with Crippen LogP contribution < -0.4 is 0 Å². The molecule has 0 atom stereocenters. The van der Waals surface area contributed by atoms with Crippen LogP contribution in [-0.4, -0.2) is 43.3 Å². The minimum atomic E-state index is -4.46. The monoisotopic (exact) mass is 362 g/mol. The van der Waals surface area contributed by atoms with Crippen LogP contribution in [0.4, 0.5) is 10.1 Å². The van der Waals surface area contributed by atoms with Gasteiger partial charge in [0.15, 0.2) is 4.90 Å². The van der Waals surface area contributed by atoms with E-state index in [1.165, 1.54) is 0 Å². The molecule has 0 fully saturated rings. The first kappa shape index (κ1) is 20.0. The molecule has 24 heavy (non-hydrogen) atoms. The molecule has 0 radical (unpaired) electrons. The van der Waals surface area contributed by atoms with E-state index in [1.807, 2.05) is 0 Å². The zero-order valence-corrected chi connectivity index (χ0v) is 14.4. The predicted octanol–water partition coefficient (Wildman–Crippen LogP) is 1.94. The molecule has 0 bridgehead atoms. The number of carbonyl (C=O) groups is 1. The van der Waals surface area contributed by atoms with Crippen LogP contribution in [0.5, 0.6) is 0 Å². The van der Waals surface area contributed by atoms with Crippen LogP contribution >= 0.6 is 0 Å². The Labute approximate surface area is 139 Å². The molecule has 0 aliphatic heterocycles. The Hall–Kier alpha value is -2.07. The summed E-state index contributed by atoms with van der Waals surface area (Å²) in [6.07, 6.45) is 0. The molecule has 0 heterocycles. The van der Waals surface area contributed by atoms with Crippen molar-refractivity contribution in [1.82, 2.24) is 4.31 Å². The number of nitro groups is 1. The summed E-state index contributed by atoms with van der Waals surface area (Å²) >= 11 is 0. The van der Waals surface area contributed by atoms with Gasteiger partial charge in [0, 0.05) is 6.54 Å². The van der Waals surface area contributed by atoms with E-state index in [0.29, 0.717) is 0 Å². The Morgan fingerprint density at radius 2 is 2.04 bits per heavy atom. The minimum Gasteiger partial charge on any atom is -0.465 e. The largest absolute Gasteiger partial charge is 0.465 e. The maximum absolute atomic E-state index is 13.7. The topological polar surface area (TPSA) is 107 Å². The Morgan fingerprint density at radius 1 is 1.42 bits per heavy atom. The maximum Gasteiger partial charge on any atom is 0.324 e. The van der Waals surface area contributed by atoms with Crippen molar-refractivity contribution < 1.29 is 27.3 Å². The first-order valence-electron chi connectivity index (χ1n) is 7.19. The first-order valence-corrected chi connectivity index (χ1v) is 8.63. The quantitative estimate of drug-likeness (QED) is 0.397. The maximum atomic E-state index is 13.7. The van der Waals surface area contributed by atoms with Gasteiger partial charge in [-0.3, -0.25) is 14.9 Å². The fourth-order valence-electron chi connectivity index (χ4n) is 2.03. The van der Waals surface area contributed by atoms with E-state index in [4.69, 9.17) is 4.74 Å². The van der Waals surface area contributed by atoms with Crippen molar-refractivity contribution in [3.63, 3.8) is 0 Å². The van der Waals surface area contributed by atoms with Crippen molar-refractivity contribution >= 4 is 21.7 Å².